The predicted octanol–water partition coefficient (Wildman–Crippen LogP) is 1.62. The molecule has 0 saturated carbocycles. The van der Waals surface area contributed by atoms with Gasteiger partial charge in [-0.2, -0.15) is 0 Å². The second-order valence-corrected chi connectivity index (χ2v) is 3.56. The minimum Gasteiger partial charge on any atom is -0.538 e. The maximum absolute atomic E-state index is 14.0. The van der Waals surface area contributed by atoms with E-state index in [0.29, 0.717) is 4.90 Å². The van der Waals surface area contributed by atoms with Crippen molar-refractivity contribution in [1.82, 2.24) is 0 Å². The van der Waals surface area contributed by atoms with Gasteiger partial charge in [-0.05, 0) is 11.6 Å². The number of nitrogens with zero attached hydrogens (tertiary/aromatic N) is 1. The van der Waals surface area contributed by atoms with Gasteiger partial charge in [-0.3, -0.25) is 14.1 Å². The average Bonchev–Trinajstić information content (AvgIpc) is 2.50. The standard InChI is InChI=1S/C11H8F2NO2.Y/c1-7(16)14-9-5-3-2-4-8(9)11(13,6-15)10(14)12;/h2-5,10H,1H3;/q-1;. The van der Waals surface area contributed by atoms with Gasteiger partial charge in [0.15, 0.2) is 6.30 Å². The van der Waals surface area contributed by atoms with Crippen molar-refractivity contribution in [3.8, 4) is 0 Å². The van der Waals surface area contributed by atoms with E-state index in [-0.39, 0.29) is 44.0 Å². The van der Waals surface area contributed by atoms with E-state index in [1.165, 1.54) is 24.3 Å². The first-order valence-electron chi connectivity index (χ1n) is 4.64. The largest absolute Gasteiger partial charge is 0.538 e. The molecule has 1 aromatic carbocycles. The number of alkyl halides is 2. The molecule has 1 amide bonds. The van der Waals surface area contributed by atoms with Crippen LogP contribution in [0.2, 0.25) is 0 Å². The van der Waals surface area contributed by atoms with Crippen molar-refractivity contribution in [2.24, 2.45) is 0 Å². The third kappa shape index (κ3) is 1.95. The van der Waals surface area contributed by atoms with Crippen molar-refractivity contribution in [3.63, 3.8) is 0 Å². The summed E-state index contributed by atoms with van der Waals surface area (Å²) in [6, 6.07) is 5.68. The summed E-state index contributed by atoms with van der Waals surface area (Å²) in [6.45, 7) is 1.11. The molecule has 87 valence electrons. The van der Waals surface area contributed by atoms with Crippen LogP contribution in [0.3, 0.4) is 0 Å². The number of halogens is 2. The third-order valence-corrected chi connectivity index (χ3v) is 2.60. The summed E-state index contributed by atoms with van der Waals surface area (Å²) in [6.07, 6.45) is -1.30. The number of rotatable bonds is 1. The van der Waals surface area contributed by atoms with Gasteiger partial charge in [0.05, 0.1) is 11.4 Å². The summed E-state index contributed by atoms with van der Waals surface area (Å²) in [7, 11) is 0. The second kappa shape index (κ2) is 4.90. The Bertz CT molecular complexity index is 469. The van der Waals surface area contributed by atoms with Crippen LogP contribution < -0.4 is 4.90 Å². The molecule has 0 fully saturated rings. The quantitative estimate of drug-likeness (QED) is 0.584. The summed E-state index contributed by atoms with van der Waals surface area (Å²) in [5.74, 6) is -0.658. The molecule has 3 nitrogen and oxygen atoms in total. The maximum atomic E-state index is 14.0. The molecule has 1 heterocycles. The van der Waals surface area contributed by atoms with Gasteiger partial charge in [-0.25, -0.2) is 10.7 Å². The number of benzene rings is 1. The summed E-state index contributed by atoms with van der Waals surface area (Å²) < 4.78 is 27.8. The van der Waals surface area contributed by atoms with E-state index in [1.807, 2.05) is 0 Å². The van der Waals surface area contributed by atoms with Crippen LogP contribution in [-0.4, -0.2) is 18.5 Å². The first-order chi connectivity index (χ1) is 7.52. The van der Waals surface area contributed by atoms with Gasteiger partial charge in [0.2, 0.25) is 5.91 Å². The van der Waals surface area contributed by atoms with Gasteiger partial charge < -0.3 is 4.79 Å². The fourth-order valence-electron chi connectivity index (χ4n) is 1.85. The molecule has 0 aromatic heterocycles. The van der Waals surface area contributed by atoms with Crippen molar-refractivity contribution in [2.75, 3.05) is 4.90 Å². The normalized spacial score (nSPS) is 26.1. The van der Waals surface area contributed by atoms with E-state index in [4.69, 9.17) is 0 Å². The zero-order valence-electron chi connectivity index (χ0n) is 8.98. The van der Waals surface area contributed by atoms with Gasteiger partial charge in [0, 0.05) is 39.6 Å². The summed E-state index contributed by atoms with van der Waals surface area (Å²) in [5, 5.41) is 0. The van der Waals surface area contributed by atoms with Gasteiger partial charge in [-0.1, -0.05) is 18.2 Å². The van der Waals surface area contributed by atoms with Crippen LogP contribution in [0.5, 0.6) is 0 Å². The number of hydrogen-bond donors (Lipinski definition) is 0. The molecule has 2 unspecified atom stereocenters. The van der Waals surface area contributed by atoms with Crippen LogP contribution in [-0.2, 0) is 48.0 Å². The Labute approximate surface area is 122 Å². The average molecular weight is 313 g/mol. The number of amides is 1. The smallest absolute Gasteiger partial charge is 0.226 e. The van der Waals surface area contributed by atoms with Gasteiger partial charge in [0.25, 0.3) is 0 Å². The molecule has 0 bridgehead atoms. The van der Waals surface area contributed by atoms with E-state index in [2.05, 4.69) is 0 Å². The number of carbonyl (C=O) groups excluding carboxylic acids is 2. The summed E-state index contributed by atoms with van der Waals surface area (Å²) in [5.41, 5.74) is -2.97. The molecule has 1 aromatic rings. The van der Waals surface area contributed by atoms with Crippen LogP contribution in [0.1, 0.15) is 12.5 Å². The van der Waals surface area contributed by atoms with Crippen molar-refractivity contribution in [2.45, 2.75) is 18.9 Å². The molecular weight excluding hydrogens is 305 g/mol. The monoisotopic (exact) mass is 313 g/mol. The predicted molar refractivity (Wildman–Crippen MR) is 53.0 cm³/mol. The molecule has 0 aliphatic carbocycles. The maximum Gasteiger partial charge on any atom is 0.226 e. The molecule has 1 radical (unpaired) electrons. The molecule has 2 atom stereocenters. The van der Waals surface area contributed by atoms with E-state index in [1.54, 1.807) is 0 Å². The SMILES string of the molecule is CC(=O)N1c2ccccc2C(F)([C-]=O)C1F.[Y]. The Kier molecular flexibility index (Phi) is 4.15. The van der Waals surface area contributed by atoms with Gasteiger partial charge in [0.1, 0.15) is 0 Å². The zero-order chi connectivity index (χ0) is 11.9. The fraction of sp³-hybridized carbons (Fsp3) is 0.273. The first kappa shape index (κ1) is 14.4. The van der Waals surface area contributed by atoms with E-state index in [9.17, 15) is 18.4 Å². The Morgan fingerprint density at radius 2 is 2.06 bits per heavy atom. The van der Waals surface area contributed by atoms with Crippen molar-refractivity contribution in [1.29, 1.82) is 0 Å². The van der Waals surface area contributed by atoms with Crippen LogP contribution in [0.4, 0.5) is 14.5 Å². The number of fused-ring (bicyclic) bond motifs is 1. The van der Waals surface area contributed by atoms with Crippen molar-refractivity contribution >= 4 is 17.9 Å². The Balaban J connectivity index is 0.00000144. The van der Waals surface area contributed by atoms with Crippen molar-refractivity contribution in [3.05, 3.63) is 29.8 Å². The molecular formula is C11H8F2NO2Y-. The molecule has 6 heteroatoms. The second-order valence-electron chi connectivity index (χ2n) is 3.56. The van der Waals surface area contributed by atoms with E-state index < -0.39 is 17.9 Å². The summed E-state index contributed by atoms with van der Waals surface area (Å²) in [4.78, 5) is 22.4. The molecule has 1 aliphatic rings. The van der Waals surface area contributed by atoms with Crippen LogP contribution >= 0.6 is 0 Å². The van der Waals surface area contributed by atoms with Crippen LogP contribution in [0.15, 0.2) is 24.3 Å². The Morgan fingerprint density at radius 1 is 1.47 bits per heavy atom. The topological polar surface area (TPSA) is 37.4 Å². The van der Waals surface area contributed by atoms with Gasteiger partial charge in [-0.15, -0.1) is 0 Å². The molecule has 0 saturated heterocycles. The van der Waals surface area contributed by atoms with Crippen LogP contribution in [0, 0.1) is 0 Å². The van der Waals surface area contributed by atoms with Gasteiger partial charge >= 0.3 is 0 Å². The van der Waals surface area contributed by atoms with E-state index in [0.717, 1.165) is 13.2 Å². The molecule has 0 N–H and O–H groups in total. The number of para-hydroxylation sites is 1. The Hall–Kier alpha value is -0.676. The molecule has 1 aliphatic heterocycles. The molecule has 17 heavy (non-hydrogen) atoms. The number of hydrogen-bond acceptors (Lipinski definition) is 2. The number of anilines is 1. The zero-order valence-corrected chi connectivity index (χ0v) is 11.8. The van der Waals surface area contributed by atoms with Crippen molar-refractivity contribution < 1.29 is 51.1 Å². The minimum atomic E-state index is -2.89. The fourth-order valence-corrected chi connectivity index (χ4v) is 1.85. The molecule has 0 spiro atoms. The summed E-state index contributed by atoms with van der Waals surface area (Å²) >= 11 is 0. The third-order valence-electron chi connectivity index (χ3n) is 2.60. The van der Waals surface area contributed by atoms with Crippen LogP contribution in [0.25, 0.3) is 0 Å². The van der Waals surface area contributed by atoms with E-state index >= 15 is 0 Å². The molecule has 2 rings (SSSR count). The minimum absolute atomic E-state index is 0. The number of carbonyl (C=O) groups is 1. The Morgan fingerprint density at radius 3 is 2.59 bits per heavy atom. The first-order valence-corrected chi connectivity index (χ1v) is 4.64.